The number of aliphatic hydroxyl groups excluding tert-OH is 1. The van der Waals surface area contributed by atoms with E-state index in [-0.39, 0.29) is 11.3 Å². The lowest BCUT2D eigenvalue weighted by Crippen LogP contribution is -2.31. The Morgan fingerprint density at radius 1 is 1.11 bits per heavy atom. The van der Waals surface area contributed by atoms with E-state index in [4.69, 9.17) is 16.0 Å². The minimum Gasteiger partial charge on any atom is -0.503 e. The number of Topliss-reactive ketones (excluding diaryl/α,β-unsaturated/α-hetero) is 1. The van der Waals surface area contributed by atoms with Crippen molar-refractivity contribution in [2.45, 2.75) is 13.0 Å². The van der Waals surface area contributed by atoms with Gasteiger partial charge in [0.25, 0.3) is 5.91 Å². The summed E-state index contributed by atoms with van der Waals surface area (Å²) >= 11 is 6.16. The molecule has 1 amide bonds. The third-order valence-corrected chi connectivity index (χ3v) is 4.98. The molecule has 5 nitrogen and oxygen atoms in total. The topological polar surface area (TPSA) is 70.8 Å². The predicted octanol–water partition coefficient (Wildman–Crippen LogP) is 5.02. The van der Waals surface area contributed by atoms with Crippen LogP contribution in [0.3, 0.4) is 0 Å². The Hall–Kier alpha value is -3.31. The number of aliphatic hydroxyl groups is 1. The summed E-state index contributed by atoms with van der Waals surface area (Å²) in [5.41, 5.74) is 1.98. The summed E-state index contributed by atoms with van der Waals surface area (Å²) in [6.07, 6.45) is 1.37. The van der Waals surface area contributed by atoms with Crippen molar-refractivity contribution in [3.8, 4) is 0 Å². The summed E-state index contributed by atoms with van der Waals surface area (Å²) < 4.78 is 5.21. The average molecular weight is 394 g/mol. The number of rotatable bonds is 4. The summed E-state index contributed by atoms with van der Waals surface area (Å²) in [6.45, 7) is 1.84. The normalized spacial score (nSPS) is 16.7. The third kappa shape index (κ3) is 2.90. The number of halogens is 1. The number of carbonyl (C=O) groups excluding carboxylic acids is 2. The number of hydrogen-bond donors (Lipinski definition) is 1. The Morgan fingerprint density at radius 2 is 1.86 bits per heavy atom. The largest absolute Gasteiger partial charge is 0.503 e. The number of furan rings is 1. The summed E-state index contributed by atoms with van der Waals surface area (Å²) in [7, 11) is 0. The van der Waals surface area contributed by atoms with Crippen molar-refractivity contribution in [1.82, 2.24) is 0 Å². The maximum Gasteiger partial charge on any atom is 0.294 e. The molecule has 4 rings (SSSR count). The molecule has 1 aromatic heterocycles. The average Bonchev–Trinajstić information content (AvgIpc) is 3.32. The fraction of sp³-hybridized carbons (Fsp3) is 0.0909. The predicted molar refractivity (Wildman–Crippen MR) is 106 cm³/mol. The second-order valence-electron chi connectivity index (χ2n) is 6.49. The number of nitrogens with zero attached hydrogens (tertiary/aromatic N) is 1. The van der Waals surface area contributed by atoms with Crippen LogP contribution in [0.1, 0.15) is 27.7 Å². The second kappa shape index (κ2) is 7.02. The summed E-state index contributed by atoms with van der Waals surface area (Å²) in [5, 5.41) is 11.1. The van der Waals surface area contributed by atoms with Gasteiger partial charge in [-0.2, -0.15) is 0 Å². The Kier molecular flexibility index (Phi) is 4.53. The van der Waals surface area contributed by atoms with Crippen LogP contribution in [0.4, 0.5) is 5.69 Å². The van der Waals surface area contributed by atoms with Gasteiger partial charge in [-0.25, -0.2) is 0 Å². The number of carbonyl (C=O) groups is 2. The van der Waals surface area contributed by atoms with Crippen LogP contribution in [0.2, 0.25) is 5.02 Å². The van der Waals surface area contributed by atoms with Gasteiger partial charge in [0, 0.05) is 10.7 Å². The first kappa shape index (κ1) is 18.1. The quantitative estimate of drug-likeness (QED) is 0.631. The van der Waals surface area contributed by atoms with Gasteiger partial charge in [-0.05, 0) is 42.3 Å². The van der Waals surface area contributed by atoms with Crippen molar-refractivity contribution in [1.29, 1.82) is 0 Å². The highest BCUT2D eigenvalue weighted by Gasteiger charge is 2.45. The van der Waals surface area contributed by atoms with Crippen molar-refractivity contribution >= 4 is 29.0 Å². The first-order chi connectivity index (χ1) is 13.5. The summed E-state index contributed by atoms with van der Waals surface area (Å²) in [6, 6.07) is 16.5. The highest BCUT2D eigenvalue weighted by atomic mass is 35.5. The SMILES string of the molecule is Cc1ccc(Cl)cc1N1C(=O)C(O)=C(C(=O)c2ccco2)C1c1ccccc1. The van der Waals surface area contributed by atoms with Gasteiger partial charge in [-0.15, -0.1) is 0 Å². The standard InChI is InChI=1S/C22H16ClNO4/c1-13-9-10-15(23)12-16(13)24-19(14-6-3-2-4-7-14)18(21(26)22(24)27)20(25)17-8-5-11-28-17/h2-12,19,26H,1H3. The molecule has 0 saturated carbocycles. The molecule has 0 radical (unpaired) electrons. The maximum atomic E-state index is 13.1. The molecule has 0 bridgehead atoms. The van der Waals surface area contributed by atoms with Crippen LogP contribution in [0.15, 0.2) is 82.7 Å². The molecule has 3 aromatic rings. The summed E-state index contributed by atoms with van der Waals surface area (Å²) in [4.78, 5) is 27.5. The molecular formula is C22H16ClNO4. The van der Waals surface area contributed by atoms with Gasteiger partial charge in [0.2, 0.25) is 5.78 Å². The Labute approximate surface area is 166 Å². The van der Waals surface area contributed by atoms with Gasteiger partial charge in [0.1, 0.15) is 0 Å². The molecule has 0 saturated heterocycles. The van der Waals surface area contributed by atoms with Gasteiger partial charge < -0.3 is 9.52 Å². The molecule has 1 atom stereocenters. The number of ketones is 1. The lowest BCUT2D eigenvalue weighted by atomic mass is 9.94. The molecule has 0 aliphatic carbocycles. The molecule has 6 heteroatoms. The number of aryl methyl sites for hydroxylation is 1. The van der Waals surface area contributed by atoms with Gasteiger partial charge >= 0.3 is 0 Å². The third-order valence-electron chi connectivity index (χ3n) is 4.74. The zero-order valence-corrected chi connectivity index (χ0v) is 15.7. The highest BCUT2D eigenvalue weighted by molar-refractivity contribution is 6.31. The molecule has 140 valence electrons. The molecular weight excluding hydrogens is 378 g/mol. The summed E-state index contributed by atoms with van der Waals surface area (Å²) in [5.74, 6) is -1.73. The van der Waals surface area contributed by atoms with E-state index in [1.807, 2.05) is 25.1 Å². The Morgan fingerprint density at radius 3 is 2.54 bits per heavy atom. The van der Waals surface area contributed by atoms with Gasteiger partial charge in [0.05, 0.1) is 17.9 Å². The van der Waals surface area contributed by atoms with Crippen LogP contribution in [-0.4, -0.2) is 16.8 Å². The smallest absolute Gasteiger partial charge is 0.294 e. The van der Waals surface area contributed by atoms with E-state index in [0.717, 1.165) is 5.56 Å². The zero-order valence-electron chi connectivity index (χ0n) is 14.9. The molecule has 1 aliphatic rings. The van der Waals surface area contributed by atoms with E-state index in [9.17, 15) is 14.7 Å². The first-order valence-electron chi connectivity index (χ1n) is 8.65. The van der Waals surface area contributed by atoms with Crippen molar-refractivity contribution < 1.29 is 19.1 Å². The fourth-order valence-corrected chi connectivity index (χ4v) is 3.59. The number of amides is 1. The van der Waals surface area contributed by atoms with E-state index in [1.54, 1.807) is 36.4 Å². The molecule has 2 heterocycles. The van der Waals surface area contributed by atoms with Gasteiger partial charge in [-0.1, -0.05) is 48.0 Å². The monoisotopic (exact) mass is 393 g/mol. The molecule has 0 fully saturated rings. The lowest BCUT2D eigenvalue weighted by Gasteiger charge is -2.28. The van der Waals surface area contributed by atoms with Crippen LogP contribution in [0, 0.1) is 6.92 Å². The van der Waals surface area contributed by atoms with Crippen LogP contribution in [0.25, 0.3) is 0 Å². The molecule has 2 aromatic carbocycles. The molecule has 28 heavy (non-hydrogen) atoms. The lowest BCUT2D eigenvalue weighted by molar-refractivity contribution is -0.117. The Bertz CT molecular complexity index is 1090. The van der Waals surface area contributed by atoms with E-state index in [1.165, 1.54) is 17.2 Å². The number of benzene rings is 2. The Balaban J connectivity index is 1.92. The van der Waals surface area contributed by atoms with Crippen LogP contribution in [-0.2, 0) is 4.79 Å². The van der Waals surface area contributed by atoms with Gasteiger partial charge in [-0.3, -0.25) is 14.5 Å². The van der Waals surface area contributed by atoms with Crippen LogP contribution >= 0.6 is 11.6 Å². The van der Waals surface area contributed by atoms with Crippen LogP contribution in [0.5, 0.6) is 0 Å². The molecule has 1 unspecified atom stereocenters. The molecule has 1 aliphatic heterocycles. The van der Waals surface area contributed by atoms with Crippen LogP contribution < -0.4 is 4.90 Å². The second-order valence-corrected chi connectivity index (χ2v) is 6.92. The highest BCUT2D eigenvalue weighted by Crippen LogP contribution is 2.43. The van der Waals surface area contributed by atoms with Crippen molar-refractivity contribution in [2.75, 3.05) is 4.90 Å². The van der Waals surface area contributed by atoms with Crippen molar-refractivity contribution in [2.24, 2.45) is 0 Å². The number of hydrogen-bond acceptors (Lipinski definition) is 4. The van der Waals surface area contributed by atoms with Crippen molar-refractivity contribution in [3.63, 3.8) is 0 Å². The minimum absolute atomic E-state index is 0.0227. The fourth-order valence-electron chi connectivity index (χ4n) is 3.42. The number of anilines is 1. The molecule has 0 spiro atoms. The molecule has 1 N–H and O–H groups in total. The van der Waals surface area contributed by atoms with E-state index in [2.05, 4.69) is 0 Å². The maximum absolute atomic E-state index is 13.1. The first-order valence-corrected chi connectivity index (χ1v) is 9.03. The van der Waals surface area contributed by atoms with Gasteiger partial charge in [0.15, 0.2) is 11.5 Å². The van der Waals surface area contributed by atoms with E-state index < -0.39 is 23.5 Å². The minimum atomic E-state index is -0.802. The van der Waals surface area contributed by atoms with Crippen molar-refractivity contribution in [3.05, 3.63) is 100 Å². The van der Waals surface area contributed by atoms with E-state index in [0.29, 0.717) is 16.3 Å². The zero-order chi connectivity index (χ0) is 19.8. The van der Waals surface area contributed by atoms with E-state index >= 15 is 0 Å².